The van der Waals surface area contributed by atoms with Gasteiger partial charge in [0.25, 0.3) is 0 Å². The average Bonchev–Trinajstić information content (AvgIpc) is 2.86. The second-order valence-electron chi connectivity index (χ2n) is 8.54. The molecule has 0 saturated carbocycles. The minimum atomic E-state index is -3.72. The monoisotopic (exact) mass is 519 g/mol. The smallest absolute Gasteiger partial charge is 0.228 e. The van der Waals surface area contributed by atoms with Crippen molar-refractivity contribution in [3.8, 4) is 0 Å². The third kappa shape index (κ3) is 6.56. The summed E-state index contributed by atoms with van der Waals surface area (Å²) in [6.07, 6.45) is 1.90. The number of halogens is 1. The number of fused-ring (bicyclic) bond motifs is 1. The lowest BCUT2D eigenvalue weighted by atomic mass is 10.1. The Balaban J connectivity index is 1.64. The van der Waals surface area contributed by atoms with Crippen molar-refractivity contribution in [3.05, 3.63) is 53.3 Å². The van der Waals surface area contributed by atoms with E-state index in [0.717, 1.165) is 31.7 Å². The van der Waals surface area contributed by atoms with Crippen molar-refractivity contribution < 1.29 is 13.5 Å². The molecule has 10 nitrogen and oxygen atoms in total. The van der Waals surface area contributed by atoms with Crippen molar-refractivity contribution in [1.82, 2.24) is 24.6 Å². The Kier molecular flexibility index (Phi) is 8.34. The van der Waals surface area contributed by atoms with Gasteiger partial charge in [-0.15, -0.1) is 0 Å². The second kappa shape index (κ2) is 11.4. The van der Waals surface area contributed by atoms with E-state index in [1.165, 1.54) is 0 Å². The summed E-state index contributed by atoms with van der Waals surface area (Å²) in [5.41, 5.74) is 1.52. The molecule has 1 fully saturated rings. The van der Waals surface area contributed by atoms with E-state index in [-0.39, 0.29) is 19.7 Å². The van der Waals surface area contributed by atoms with E-state index in [1.54, 1.807) is 12.3 Å². The number of piperazine rings is 1. The number of pyridine rings is 1. The third-order valence-corrected chi connectivity index (χ3v) is 8.00. The number of sulfonamides is 1. The number of rotatable bonds is 10. The maximum atomic E-state index is 13.0. The molecule has 1 atom stereocenters. The van der Waals surface area contributed by atoms with Crippen LogP contribution in [-0.4, -0.2) is 91.5 Å². The summed E-state index contributed by atoms with van der Waals surface area (Å²) < 4.78 is 28.6. The summed E-state index contributed by atoms with van der Waals surface area (Å²) in [7, 11) is -1.64. The van der Waals surface area contributed by atoms with Crippen LogP contribution in [0.1, 0.15) is 5.56 Å². The minimum absolute atomic E-state index is 0.0428. The maximum absolute atomic E-state index is 13.0. The van der Waals surface area contributed by atoms with Gasteiger partial charge in [0.2, 0.25) is 16.0 Å². The Morgan fingerprint density at radius 2 is 1.89 bits per heavy atom. The van der Waals surface area contributed by atoms with Crippen LogP contribution in [0.25, 0.3) is 10.9 Å². The summed E-state index contributed by atoms with van der Waals surface area (Å²) in [6.45, 7) is 3.16. The molecule has 12 heteroatoms. The molecule has 2 aromatic heterocycles. The number of anilines is 2. The zero-order valence-corrected chi connectivity index (χ0v) is 21.1. The van der Waals surface area contributed by atoms with Gasteiger partial charge in [-0.3, -0.25) is 0 Å². The molecule has 3 heterocycles. The fraction of sp³-hybridized carbons (Fsp3) is 0.435. The molecule has 1 aromatic carbocycles. The SMILES string of the molecule is CN1CCN(c2nc(NCC(Cc3ccccc3)S(=O)(=O)NCCO)c3cc(Cl)ncc3n2)CC1. The highest BCUT2D eigenvalue weighted by Crippen LogP contribution is 2.26. The van der Waals surface area contributed by atoms with Gasteiger partial charge in [0.05, 0.1) is 23.6 Å². The van der Waals surface area contributed by atoms with E-state index >= 15 is 0 Å². The number of aliphatic hydroxyl groups is 1. The van der Waals surface area contributed by atoms with Gasteiger partial charge < -0.3 is 20.2 Å². The van der Waals surface area contributed by atoms with E-state index in [9.17, 15) is 8.42 Å². The van der Waals surface area contributed by atoms with Crippen molar-refractivity contribution in [3.63, 3.8) is 0 Å². The van der Waals surface area contributed by atoms with Crippen molar-refractivity contribution in [1.29, 1.82) is 0 Å². The molecule has 1 unspecified atom stereocenters. The van der Waals surface area contributed by atoms with Gasteiger partial charge in [-0.05, 0) is 25.1 Å². The standard InChI is InChI=1S/C23H30ClN7O3S/c1-30-8-10-31(11-9-30)23-28-20-16-25-21(24)14-19(20)22(29-23)26-15-18(35(33,34)27-7-12-32)13-17-5-3-2-4-6-17/h2-6,14,16,18,27,32H,7-13,15H2,1H3,(H,26,28,29). The molecule has 1 saturated heterocycles. The van der Waals surface area contributed by atoms with E-state index in [1.807, 2.05) is 30.3 Å². The van der Waals surface area contributed by atoms with Crippen molar-refractivity contribution in [2.24, 2.45) is 0 Å². The number of nitrogens with one attached hydrogen (secondary N) is 2. The molecular formula is C23H30ClN7O3S. The van der Waals surface area contributed by atoms with Gasteiger partial charge in [-0.25, -0.2) is 23.1 Å². The van der Waals surface area contributed by atoms with E-state index < -0.39 is 15.3 Å². The van der Waals surface area contributed by atoms with Gasteiger partial charge in [0.1, 0.15) is 11.0 Å². The first kappa shape index (κ1) is 25.5. The van der Waals surface area contributed by atoms with Crippen molar-refractivity contribution >= 4 is 44.3 Å². The lowest BCUT2D eigenvalue weighted by Gasteiger charge is -2.32. The first-order valence-corrected chi connectivity index (χ1v) is 13.4. The summed E-state index contributed by atoms with van der Waals surface area (Å²) in [5, 5.41) is 12.6. The number of nitrogens with zero attached hydrogens (tertiary/aromatic N) is 5. The molecular weight excluding hydrogens is 490 g/mol. The molecule has 0 amide bonds. The van der Waals surface area contributed by atoms with Gasteiger partial charge in [0, 0.05) is 44.7 Å². The van der Waals surface area contributed by atoms with Crippen LogP contribution < -0.4 is 14.9 Å². The zero-order valence-electron chi connectivity index (χ0n) is 19.6. The molecule has 0 radical (unpaired) electrons. The lowest BCUT2D eigenvalue weighted by molar-refractivity contribution is 0.300. The van der Waals surface area contributed by atoms with Crippen LogP contribution in [0, 0.1) is 0 Å². The highest BCUT2D eigenvalue weighted by atomic mass is 35.5. The number of hydrogen-bond donors (Lipinski definition) is 3. The van der Waals surface area contributed by atoms with Gasteiger partial charge in [-0.2, -0.15) is 4.98 Å². The number of aliphatic hydroxyl groups excluding tert-OH is 1. The summed E-state index contributed by atoms with van der Waals surface area (Å²) in [6, 6.07) is 11.1. The fourth-order valence-corrected chi connectivity index (χ4v) is 5.45. The highest BCUT2D eigenvalue weighted by molar-refractivity contribution is 7.90. The lowest BCUT2D eigenvalue weighted by Crippen LogP contribution is -2.45. The van der Waals surface area contributed by atoms with Gasteiger partial charge in [0.15, 0.2) is 0 Å². The molecule has 0 bridgehead atoms. The first-order chi connectivity index (χ1) is 16.9. The maximum Gasteiger partial charge on any atom is 0.228 e. The van der Waals surface area contributed by atoms with Gasteiger partial charge in [-0.1, -0.05) is 41.9 Å². The quantitative estimate of drug-likeness (QED) is 0.341. The van der Waals surface area contributed by atoms with E-state index in [2.05, 4.69) is 36.9 Å². The summed E-state index contributed by atoms with van der Waals surface area (Å²) in [4.78, 5) is 18.0. The van der Waals surface area contributed by atoms with Gasteiger partial charge >= 0.3 is 0 Å². The van der Waals surface area contributed by atoms with E-state index in [0.29, 0.717) is 34.2 Å². The molecule has 0 spiro atoms. The van der Waals surface area contributed by atoms with Crippen LogP contribution in [0.3, 0.4) is 0 Å². The van der Waals surface area contributed by atoms with Crippen LogP contribution in [0.2, 0.25) is 5.15 Å². The van der Waals surface area contributed by atoms with Crippen molar-refractivity contribution in [2.45, 2.75) is 11.7 Å². The molecule has 3 aromatic rings. The van der Waals surface area contributed by atoms with Crippen molar-refractivity contribution in [2.75, 3.05) is 63.1 Å². The van der Waals surface area contributed by atoms with Crippen LogP contribution in [0.15, 0.2) is 42.6 Å². The Morgan fingerprint density at radius 1 is 1.14 bits per heavy atom. The third-order valence-electron chi connectivity index (χ3n) is 5.98. The largest absolute Gasteiger partial charge is 0.395 e. The molecule has 3 N–H and O–H groups in total. The Morgan fingerprint density at radius 3 is 2.60 bits per heavy atom. The Labute approximate surface area is 210 Å². The topological polar surface area (TPSA) is 124 Å². The molecule has 188 valence electrons. The Bertz CT molecular complexity index is 1240. The van der Waals surface area contributed by atoms with Crippen LogP contribution in [-0.2, 0) is 16.4 Å². The minimum Gasteiger partial charge on any atom is -0.395 e. The number of benzene rings is 1. The molecule has 35 heavy (non-hydrogen) atoms. The zero-order chi connectivity index (χ0) is 24.8. The number of hydrogen-bond acceptors (Lipinski definition) is 9. The first-order valence-electron chi connectivity index (χ1n) is 11.5. The summed E-state index contributed by atoms with van der Waals surface area (Å²) in [5.74, 6) is 1.07. The van der Waals surface area contributed by atoms with Crippen LogP contribution in [0.5, 0.6) is 0 Å². The number of likely N-dealkylation sites (N-methyl/N-ethyl adjacent to an activating group) is 1. The molecule has 1 aliphatic rings. The number of aromatic nitrogens is 3. The molecule has 4 rings (SSSR count). The second-order valence-corrected chi connectivity index (χ2v) is 11.0. The average molecular weight is 520 g/mol. The highest BCUT2D eigenvalue weighted by Gasteiger charge is 2.26. The molecule has 1 aliphatic heterocycles. The normalized spacial score (nSPS) is 15.9. The van der Waals surface area contributed by atoms with E-state index in [4.69, 9.17) is 21.7 Å². The van der Waals surface area contributed by atoms with Crippen LogP contribution in [0.4, 0.5) is 11.8 Å². The fourth-order valence-electron chi connectivity index (χ4n) is 3.96. The molecule has 0 aliphatic carbocycles. The predicted octanol–water partition coefficient (Wildman–Crippen LogP) is 1.36. The predicted molar refractivity (Wildman–Crippen MR) is 138 cm³/mol. The van der Waals surface area contributed by atoms with Crippen LogP contribution >= 0.6 is 11.6 Å². The Hall–Kier alpha value is -2.57. The summed E-state index contributed by atoms with van der Waals surface area (Å²) >= 11 is 6.16.